The minimum Gasteiger partial charge on any atom is -0.383 e. The Morgan fingerprint density at radius 3 is 2.89 bits per heavy atom. The van der Waals surface area contributed by atoms with Gasteiger partial charge in [0.05, 0.1) is 0 Å². The Hall–Kier alpha value is -1.16. The zero-order chi connectivity index (χ0) is 12.4. The average molecular weight is 262 g/mol. The first kappa shape index (κ1) is 11.9. The molecule has 1 fully saturated rings. The van der Waals surface area contributed by atoms with Crippen LogP contribution in [0.15, 0.2) is 23.1 Å². The summed E-state index contributed by atoms with van der Waals surface area (Å²) in [5, 5.41) is 3.36. The Morgan fingerprint density at radius 1 is 1.22 bits per heavy atom. The molecular formula is C14H18N2OS. The van der Waals surface area contributed by atoms with Gasteiger partial charge in [0.2, 0.25) is 0 Å². The van der Waals surface area contributed by atoms with Crippen LogP contribution in [0.25, 0.3) is 0 Å². The number of anilines is 1. The molecule has 1 aromatic carbocycles. The zero-order valence-electron chi connectivity index (χ0n) is 10.4. The molecule has 0 radical (unpaired) electrons. The molecule has 96 valence electrons. The van der Waals surface area contributed by atoms with Crippen LogP contribution in [0, 0.1) is 0 Å². The molecule has 0 unspecified atom stereocenters. The summed E-state index contributed by atoms with van der Waals surface area (Å²) in [7, 11) is 0. The molecule has 0 aromatic heterocycles. The lowest BCUT2D eigenvalue weighted by atomic mass is 10.1. The second-order valence-corrected chi connectivity index (χ2v) is 5.98. The maximum Gasteiger partial charge on any atom is 0.253 e. The number of hydrogen-bond donors (Lipinski definition) is 1. The summed E-state index contributed by atoms with van der Waals surface area (Å²) in [6, 6.07) is 6.04. The van der Waals surface area contributed by atoms with Gasteiger partial charge in [-0.05, 0) is 37.5 Å². The van der Waals surface area contributed by atoms with Crippen molar-refractivity contribution in [3.8, 4) is 0 Å². The van der Waals surface area contributed by atoms with Crippen LogP contribution in [0.3, 0.4) is 0 Å². The fraction of sp³-hybridized carbons (Fsp3) is 0.500. The lowest BCUT2D eigenvalue weighted by molar-refractivity contribution is 0.0724. The standard InChI is InChI=1S/C14H18N2OS/c17-14(16-7-2-1-3-8-16)11-4-5-12-13(10-11)18-9-6-15-12/h4-5,10,15H,1-3,6-9H2. The van der Waals surface area contributed by atoms with Crippen molar-refractivity contribution in [1.29, 1.82) is 0 Å². The number of nitrogens with zero attached hydrogens (tertiary/aromatic N) is 1. The molecule has 4 heteroatoms. The van der Waals surface area contributed by atoms with Gasteiger partial charge >= 0.3 is 0 Å². The molecule has 0 spiro atoms. The van der Waals surface area contributed by atoms with E-state index >= 15 is 0 Å². The largest absolute Gasteiger partial charge is 0.383 e. The molecule has 0 bridgehead atoms. The Kier molecular flexibility index (Phi) is 3.46. The number of carbonyl (C=O) groups excluding carboxylic acids is 1. The number of likely N-dealkylation sites (tertiary alicyclic amines) is 1. The Bertz CT molecular complexity index is 455. The number of carbonyl (C=O) groups is 1. The van der Waals surface area contributed by atoms with Crippen molar-refractivity contribution in [1.82, 2.24) is 4.90 Å². The zero-order valence-corrected chi connectivity index (χ0v) is 11.3. The smallest absolute Gasteiger partial charge is 0.253 e. The molecule has 3 nitrogen and oxygen atoms in total. The monoisotopic (exact) mass is 262 g/mol. The van der Waals surface area contributed by atoms with Gasteiger partial charge < -0.3 is 10.2 Å². The third kappa shape index (κ3) is 2.34. The van der Waals surface area contributed by atoms with Crippen LogP contribution in [0.2, 0.25) is 0 Å². The molecule has 1 aromatic rings. The lowest BCUT2D eigenvalue weighted by Gasteiger charge is -2.27. The van der Waals surface area contributed by atoms with E-state index in [0.29, 0.717) is 0 Å². The first-order valence-electron chi connectivity index (χ1n) is 6.64. The van der Waals surface area contributed by atoms with Gasteiger partial charge in [-0.3, -0.25) is 4.79 Å². The van der Waals surface area contributed by atoms with Crippen molar-refractivity contribution in [2.75, 3.05) is 30.7 Å². The number of thioether (sulfide) groups is 1. The van der Waals surface area contributed by atoms with E-state index in [9.17, 15) is 4.79 Å². The van der Waals surface area contributed by atoms with Crippen LogP contribution in [0.4, 0.5) is 5.69 Å². The molecule has 18 heavy (non-hydrogen) atoms. The number of rotatable bonds is 1. The van der Waals surface area contributed by atoms with E-state index in [2.05, 4.69) is 5.32 Å². The molecule has 0 aliphatic carbocycles. The van der Waals surface area contributed by atoms with Crippen molar-refractivity contribution >= 4 is 23.4 Å². The third-order valence-corrected chi connectivity index (χ3v) is 4.60. The molecule has 2 heterocycles. The normalized spacial score (nSPS) is 19.0. The van der Waals surface area contributed by atoms with Crippen molar-refractivity contribution in [3.63, 3.8) is 0 Å². The predicted molar refractivity (Wildman–Crippen MR) is 75.4 cm³/mol. The van der Waals surface area contributed by atoms with E-state index in [1.807, 2.05) is 34.9 Å². The van der Waals surface area contributed by atoms with Crippen LogP contribution in [0.1, 0.15) is 29.6 Å². The second-order valence-electron chi connectivity index (χ2n) is 4.84. The minimum atomic E-state index is 0.198. The van der Waals surface area contributed by atoms with E-state index < -0.39 is 0 Å². The molecule has 0 atom stereocenters. The third-order valence-electron chi connectivity index (χ3n) is 3.55. The van der Waals surface area contributed by atoms with Crippen LogP contribution >= 0.6 is 11.8 Å². The van der Waals surface area contributed by atoms with Crippen LogP contribution in [-0.2, 0) is 0 Å². The molecule has 1 saturated heterocycles. The number of fused-ring (bicyclic) bond motifs is 1. The lowest BCUT2D eigenvalue weighted by Crippen LogP contribution is -2.35. The summed E-state index contributed by atoms with van der Waals surface area (Å²) < 4.78 is 0. The second kappa shape index (κ2) is 5.22. The van der Waals surface area contributed by atoms with Crippen molar-refractivity contribution in [2.24, 2.45) is 0 Å². The van der Waals surface area contributed by atoms with E-state index in [4.69, 9.17) is 0 Å². The van der Waals surface area contributed by atoms with Gasteiger partial charge in [0.25, 0.3) is 5.91 Å². The number of nitrogens with one attached hydrogen (secondary N) is 1. The highest BCUT2D eigenvalue weighted by Gasteiger charge is 2.19. The first-order valence-corrected chi connectivity index (χ1v) is 7.63. The van der Waals surface area contributed by atoms with Gasteiger partial charge in [-0.15, -0.1) is 11.8 Å². The number of benzene rings is 1. The van der Waals surface area contributed by atoms with Gasteiger partial charge in [-0.2, -0.15) is 0 Å². The summed E-state index contributed by atoms with van der Waals surface area (Å²) in [4.78, 5) is 15.6. The summed E-state index contributed by atoms with van der Waals surface area (Å²) in [6.45, 7) is 2.85. The summed E-state index contributed by atoms with van der Waals surface area (Å²) >= 11 is 1.83. The maximum atomic E-state index is 12.4. The fourth-order valence-corrected chi connectivity index (χ4v) is 3.48. The highest BCUT2D eigenvalue weighted by atomic mass is 32.2. The van der Waals surface area contributed by atoms with Gasteiger partial charge in [-0.1, -0.05) is 0 Å². The molecule has 2 aliphatic heterocycles. The number of piperidine rings is 1. The molecule has 1 amide bonds. The molecule has 0 saturated carbocycles. The topological polar surface area (TPSA) is 32.3 Å². The highest BCUT2D eigenvalue weighted by Crippen LogP contribution is 2.32. The van der Waals surface area contributed by atoms with Crippen molar-refractivity contribution in [3.05, 3.63) is 23.8 Å². The van der Waals surface area contributed by atoms with Crippen LogP contribution in [0.5, 0.6) is 0 Å². The summed E-state index contributed by atoms with van der Waals surface area (Å²) in [5.74, 6) is 1.28. The van der Waals surface area contributed by atoms with Gasteiger partial charge in [0.15, 0.2) is 0 Å². The summed E-state index contributed by atoms with van der Waals surface area (Å²) in [6.07, 6.45) is 3.55. The SMILES string of the molecule is O=C(c1ccc2c(c1)SCCN2)N1CCCCC1. The Labute approximate surface area is 112 Å². The van der Waals surface area contributed by atoms with E-state index in [0.717, 1.165) is 43.8 Å². The van der Waals surface area contributed by atoms with Gasteiger partial charge in [0.1, 0.15) is 0 Å². The van der Waals surface area contributed by atoms with Gasteiger partial charge in [-0.25, -0.2) is 0 Å². The van der Waals surface area contributed by atoms with Crippen LogP contribution in [-0.4, -0.2) is 36.2 Å². The van der Waals surface area contributed by atoms with Crippen molar-refractivity contribution in [2.45, 2.75) is 24.2 Å². The minimum absolute atomic E-state index is 0.198. The predicted octanol–water partition coefficient (Wildman–Crippen LogP) is 2.83. The maximum absolute atomic E-state index is 12.4. The molecular weight excluding hydrogens is 244 g/mol. The molecule has 1 N–H and O–H groups in total. The van der Waals surface area contributed by atoms with Crippen molar-refractivity contribution < 1.29 is 4.79 Å². The van der Waals surface area contributed by atoms with Crippen LogP contribution < -0.4 is 5.32 Å². The Morgan fingerprint density at radius 2 is 2.06 bits per heavy atom. The average Bonchev–Trinajstić information content (AvgIpc) is 2.47. The number of amides is 1. The fourth-order valence-electron chi connectivity index (χ4n) is 2.55. The van der Waals surface area contributed by atoms with E-state index in [1.165, 1.54) is 17.0 Å². The molecule has 2 aliphatic rings. The first-order chi connectivity index (χ1) is 8.84. The quantitative estimate of drug-likeness (QED) is 0.844. The summed E-state index contributed by atoms with van der Waals surface area (Å²) in [5.41, 5.74) is 2.01. The van der Waals surface area contributed by atoms with Gasteiger partial charge in [0, 0.05) is 41.5 Å². The Balaban J connectivity index is 1.80. The number of hydrogen-bond acceptors (Lipinski definition) is 3. The highest BCUT2D eigenvalue weighted by molar-refractivity contribution is 7.99. The van der Waals surface area contributed by atoms with E-state index in [-0.39, 0.29) is 5.91 Å². The van der Waals surface area contributed by atoms with E-state index in [1.54, 1.807) is 0 Å². The molecule has 3 rings (SSSR count).